The molecule has 0 saturated heterocycles. The Hall–Kier alpha value is -2.33. The van der Waals surface area contributed by atoms with Gasteiger partial charge in [-0.3, -0.25) is 4.79 Å². The van der Waals surface area contributed by atoms with Crippen molar-refractivity contribution in [1.82, 2.24) is 5.43 Å². The third-order valence-corrected chi connectivity index (χ3v) is 3.12. The van der Waals surface area contributed by atoms with Crippen molar-refractivity contribution < 1.29 is 4.79 Å². The van der Waals surface area contributed by atoms with E-state index in [2.05, 4.69) is 10.5 Å². The molecule has 0 saturated carbocycles. The van der Waals surface area contributed by atoms with E-state index in [0.717, 1.165) is 5.56 Å². The van der Waals surface area contributed by atoms with Crippen molar-refractivity contribution in [2.75, 3.05) is 5.73 Å². The number of amides is 1. The Balaban J connectivity index is 2.16. The Morgan fingerprint density at radius 3 is 2.35 bits per heavy atom. The molecule has 0 aliphatic heterocycles. The summed E-state index contributed by atoms with van der Waals surface area (Å²) in [6, 6.07) is 14.1. The van der Waals surface area contributed by atoms with Gasteiger partial charge in [-0.05, 0) is 25.1 Å². The molecule has 4 nitrogen and oxygen atoms in total. The number of halogens is 1. The third kappa shape index (κ3) is 3.16. The molecule has 0 aromatic heterocycles. The Bertz CT molecular complexity index is 668. The summed E-state index contributed by atoms with van der Waals surface area (Å²) in [6.07, 6.45) is 0. The number of carbonyl (C=O) groups is 1. The minimum absolute atomic E-state index is 0.352. The van der Waals surface area contributed by atoms with Gasteiger partial charge in [0.2, 0.25) is 0 Å². The first-order valence-corrected chi connectivity index (χ1v) is 6.41. The van der Waals surface area contributed by atoms with E-state index in [9.17, 15) is 4.79 Å². The SMILES string of the molecule is C/C(=N\NC(=O)c1ccccc1N)c1ccccc1Cl. The normalized spacial score (nSPS) is 11.2. The number of benzene rings is 2. The molecule has 0 bridgehead atoms. The Labute approximate surface area is 122 Å². The first kappa shape index (κ1) is 14.1. The smallest absolute Gasteiger partial charge is 0.273 e. The van der Waals surface area contributed by atoms with E-state index >= 15 is 0 Å². The van der Waals surface area contributed by atoms with Crippen molar-refractivity contribution in [3.8, 4) is 0 Å². The lowest BCUT2D eigenvalue weighted by atomic mass is 10.1. The van der Waals surface area contributed by atoms with Crippen LogP contribution in [0, 0.1) is 0 Å². The number of nitrogens with two attached hydrogens (primary N) is 1. The van der Waals surface area contributed by atoms with E-state index in [1.54, 1.807) is 37.3 Å². The molecule has 0 aliphatic rings. The van der Waals surface area contributed by atoms with Gasteiger partial charge < -0.3 is 5.73 Å². The summed E-state index contributed by atoms with van der Waals surface area (Å²) in [6.45, 7) is 1.77. The molecule has 0 atom stereocenters. The lowest BCUT2D eigenvalue weighted by Gasteiger charge is -2.06. The lowest BCUT2D eigenvalue weighted by molar-refractivity contribution is 0.0955. The fourth-order valence-electron chi connectivity index (χ4n) is 1.71. The molecule has 2 aromatic carbocycles. The molecule has 0 unspecified atom stereocenters. The van der Waals surface area contributed by atoms with Crippen LogP contribution in [0.25, 0.3) is 0 Å². The zero-order chi connectivity index (χ0) is 14.5. The Morgan fingerprint density at radius 1 is 1.10 bits per heavy atom. The average molecular weight is 288 g/mol. The molecule has 2 rings (SSSR count). The van der Waals surface area contributed by atoms with Gasteiger partial charge in [-0.2, -0.15) is 5.10 Å². The first-order chi connectivity index (χ1) is 9.59. The maximum absolute atomic E-state index is 12.0. The van der Waals surface area contributed by atoms with Crippen LogP contribution >= 0.6 is 11.6 Å². The highest BCUT2D eigenvalue weighted by Crippen LogP contribution is 2.15. The summed E-state index contributed by atoms with van der Waals surface area (Å²) in [4.78, 5) is 12.0. The molecule has 3 N–H and O–H groups in total. The highest BCUT2D eigenvalue weighted by atomic mass is 35.5. The highest BCUT2D eigenvalue weighted by molar-refractivity contribution is 6.34. The zero-order valence-corrected chi connectivity index (χ0v) is 11.7. The van der Waals surface area contributed by atoms with Crippen LogP contribution in [0.15, 0.2) is 53.6 Å². The summed E-state index contributed by atoms with van der Waals surface area (Å²) in [5.74, 6) is -0.352. The molecule has 0 spiro atoms. The summed E-state index contributed by atoms with van der Waals surface area (Å²) < 4.78 is 0. The van der Waals surface area contributed by atoms with Gasteiger partial charge in [0.15, 0.2) is 0 Å². The fourth-order valence-corrected chi connectivity index (χ4v) is 1.99. The van der Waals surface area contributed by atoms with Crippen LogP contribution < -0.4 is 11.2 Å². The molecule has 2 aromatic rings. The van der Waals surface area contributed by atoms with Gasteiger partial charge in [0, 0.05) is 16.3 Å². The quantitative estimate of drug-likeness (QED) is 0.517. The molecule has 5 heteroatoms. The van der Waals surface area contributed by atoms with E-state index in [-0.39, 0.29) is 5.91 Å². The van der Waals surface area contributed by atoms with Crippen LogP contribution in [-0.4, -0.2) is 11.6 Å². The maximum Gasteiger partial charge on any atom is 0.273 e. The number of hydrazone groups is 1. The van der Waals surface area contributed by atoms with E-state index in [1.807, 2.05) is 18.2 Å². The topological polar surface area (TPSA) is 67.5 Å². The summed E-state index contributed by atoms with van der Waals surface area (Å²) in [7, 11) is 0. The largest absolute Gasteiger partial charge is 0.398 e. The van der Waals surface area contributed by atoms with Gasteiger partial charge in [0.05, 0.1) is 11.3 Å². The van der Waals surface area contributed by atoms with E-state index in [1.165, 1.54) is 0 Å². The molecule has 1 amide bonds. The number of hydrogen-bond acceptors (Lipinski definition) is 3. The van der Waals surface area contributed by atoms with Crippen LogP contribution in [0.2, 0.25) is 5.02 Å². The molecular weight excluding hydrogens is 274 g/mol. The Kier molecular flexibility index (Phi) is 4.38. The molecule has 0 fully saturated rings. The first-order valence-electron chi connectivity index (χ1n) is 6.03. The van der Waals surface area contributed by atoms with Gasteiger partial charge in [-0.1, -0.05) is 41.9 Å². The van der Waals surface area contributed by atoms with Crippen LogP contribution in [-0.2, 0) is 0 Å². The average Bonchev–Trinajstić information content (AvgIpc) is 2.45. The third-order valence-electron chi connectivity index (χ3n) is 2.79. The monoisotopic (exact) mass is 287 g/mol. The predicted molar refractivity (Wildman–Crippen MR) is 82.0 cm³/mol. The number of hydrogen-bond donors (Lipinski definition) is 2. The van der Waals surface area contributed by atoms with Gasteiger partial charge >= 0.3 is 0 Å². The standard InChI is InChI=1S/C15H14ClN3O/c1-10(11-6-2-4-8-13(11)16)18-19-15(20)12-7-3-5-9-14(12)17/h2-9H,17H2,1H3,(H,19,20)/b18-10+. The second-order valence-corrected chi connectivity index (χ2v) is 4.61. The van der Waals surface area contributed by atoms with E-state index in [4.69, 9.17) is 17.3 Å². The number of carbonyl (C=O) groups excluding carboxylic acids is 1. The molecular formula is C15H14ClN3O. The van der Waals surface area contributed by atoms with Crippen molar-refractivity contribution in [3.63, 3.8) is 0 Å². The number of para-hydroxylation sites is 1. The number of nitrogens with zero attached hydrogens (tertiary/aromatic N) is 1. The highest BCUT2D eigenvalue weighted by Gasteiger charge is 2.08. The fraction of sp³-hybridized carbons (Fsp3) is 0.0667. The van der Waals surface area contributed by atoms with Crippen molar-refractivity contribution in [1.29, 1.82) is 0 Å². The lowest BCUT2D eigenvalue weighted by Crippen LogP contribution is -2.20. The second kappa shape index (κ2) is 6.21. The van der Waals surface area contributed by atoms with Crippen LogP contribution in [0.3, 0.4) is 0 Å². The van der Waals surface area contributed by atoms with Crippen molar-refractivity contribution in [2.24, 2.45) is 5.10 Å². The molecule has 20 heavy (non-hydrogen) atoms. The van der Waals surface area contributed by atoms with E-state index < -0.39 is 0 Å². The number of rotatable bonds is 3. The number of nitrogen functional groups attached to an aromatic ring is 1. The number of anilines is 1. The summed E-state index contributed by atoms with van der Waals surface area (Å²) in [5.41, 5.74) is 10.4. The van der Waals surface area contributed by atoms with Crippen LogP contribution in [0.5, 0.6) is 0 Å². The van der Waals surface area contributed by atoms with Gasteiger partial charge in [0.25, 0.3) is 5.91 Å². The zero-order valence-electron chi connectivity index (χ0n) is 10.9. The minimum Gasteiger partial charge on any atom is -0.398 e. The van der Waals surface area contributed by atoms with Gasteiger partial charge in [-0.15, -0.1) is 0 Å². The minimum atomic E-state index is -0.352. The number of nitrogens with one attached hydrogen (secondary N) is 1. The molecule has 102 valence electrons. The Morgan fingerprint density at radius 2 is 1.70 bits per heavy atom. The molecule has 0 heterocycles. The van der Waals surface area contributed by atoms with E-state index in [0.29, 0.717) is 22.0 Å². The van der Waals surface area contributed by atoms with Crippen molar-refractivity contribution >= 4 is 28.9 Å². The summed E-state index contributed by atoms with van der Waals surface area (Å²) in [5, 5.41) is 4.64. The van der Waals surface area contributed by atoms with Crippen LogP contribution in [0.1, 0.15) is 22.8 Å². The van der Waals surface area contributed by atoms with Gasteiger partial charge in [0.1, 0.15) is 0 Å². The predicted octanol–water partition coefficient (Wildman–Crippen LogP) is 3.08. The second-order valence-electron chi connectivity index (χ2n) is 4.21. The van der Waals surface area contributed by atoms with Crippen molar-refractivity contribution in [2.45, 2.75) is 6.92 Å². The maximum atomic E-state index is 12.0. The molecule has 0 aliphatic carbocycles. The van der Waals surface area contributed by atoms with Crippen LogP contribution in [0.4, 0.5) is 5.69 Å². The molecule has 0 radical (unpaired) electrons. The summed E-state index contributed by atoms with van der Waals surface area (Å²) >= 11 is 6.06. The van der Waals surface area contributed by atoms with Gasteiger partial charge in [-0.25, -0.2) is 5.43 Å². The van der Waals surface area contributed by atoms with Crippen molar-refractivity contribution in [3.05, 3.63) is 64.7 Å².